The Labute approximate surface area is 249 Å². The van der Waals surface area contributed by atoms with E-state index in [-0.39, 0.29) is 24.9 Å². The van der Waals surface area contributed by atoms with E-state index < -0.39 is 28.5 Å². The van der Waals surface area contributed by atoms with E-state index in [1.807, 2.05) is 30.3 Å². The summed E-state index contributed by atoms with van der Waals surface area (Å²) in [5, 5.41) is 3.71. The predicted octanol–water partition coefficient (Wildman–Crippen LogP) is 5.57. The summed E-state index contributed by atoms with van der Waals surface area (Å²) in [6.07, 6.45) is 5.26. The third-order valence-electron chi connectivity index (χ3n) is 7.04. The Morgan fingerprint density at radius 3 is 2.20 bits per heavy atom. The third-order valence-corrected chi connectivity index (χ3v) is 9.09. The molecule has 0 heterocycles. The first-order valence-electron chi connectivity index (χ1n) is 13.2. The second-order valence-corrected chi connectivity index (χ2v) is 13.3. The molecule has 40 heavy (non-hydrogen) atoms. The molecule has 10 heteroatoms. The number of halogens is 2. The zero-order valence-electron chi connectivity index (χ0n) is 22.3. The summed E-state index contributed by atoms with van der Waals surface area (Å²) in [6.45, 7) is -0.351. The van der Waals surface area contributed by atoms with Crippen molar-refractivity contribution in [1.82, 2.24) is 10.2 Å². The number of anilines is 1. The fraction of sp³-hybridized carbons (Fsp3) is 0.333. The van der Waals surface area contributed by atoms with Crippen molar-refractivity contribution in [1.29, 1.82) is 0 Å². The molecule has 0 saturated heterocycles. The van der Waals surface area contributed by atoms with Crippen molar-refractivity contribution < 1.29 is 18.0 Å². The summed E-state index contributed by atoms with van der Waals surface area (Å²) in [7, 11) is -3.83. The molecule has 7 nitrogen and oxygen atoms in total. The van der Waals surface area contributed by atoms with Gasteiger partial charge < -0.3 is 10.2 Å². The number of nitrogens with one attached hydrogen (secondary N) is 1. The van der Waals surface area contributed by atoms with Crippen LogP contribution in [0.15, 0.2) is 83.3 Å². The second-order valence-electron chi connectivity index (χ2n) is 10.1. The van der Waals surface area contributed by atoms with E-state index >= 15 is 0 Å². The molecule has 1 aliphatic carbocycles. The largest absolute Gasteiger partial charge is 0.352 e. The molecule has 1 atom stereocenters. The predicted molar refractivity (Wildman–Crippen MR) is 163 cm³/mol. The number of carbonyl (C=O) groups excluding carboxylic acids is 2. The zero-order chi connectivity index (χ0) is 28.7. The van der Waals surface area contributed by atoms with Crippen LogP contribution in [-0.4, -0.2) is 50.0 Å². The average molecular weight is 647 g/mol. The van der Waals surface area contributed by atoms with Crippen molar-refractivity contribution in [3.63, 3.8) is 0 Å². The molecule has 0 bridgehead atoms. The number of hydrogen-bond acceptors (Lipinski definition) is 4. The van der Waals surface area contributed by atoms with Gasteiger partial charge in [0.1, 0.15) is 12.6 Å². The number of hydrogen-bond donors (Lipinski definition) is 1. The normalized spacial score (nSPS) is 14.5. The van der Waals surface area contributed by atoms with Gasteiger partial charge in [-0.25, -0.2) is 8.42 Å². The second kappa shape index (κ2) is 13.7. The topological polar surface area (TPSA) is 86.8 Å². The van der Waals surface area contributed by atoms with Crippen molar-refractivity contribution in [2.24, 2.45) is 0 Å². The minimum Gasteiger partial charge on any atom is -0.352 e. The van der Waals surface area contributed by atoms with E-state index in [1.54, 1.807) is 48.5 Å². The molecule has 3 aromatic carbocycles. The van der Waals surface area contributed by atoms with Crippen LogP contribution in [0.5, 0.6) is 0 Å². The number of nitrogens with zero attached hydrogens (tertiary/aromatic N) is 2. The first-order chi connectivity index (χ1) is 19.1. The molecular formula is C30H33BrClN3O4S. The average Bonchev–Trinajstić information content (AvgIpc) is 3.43. The van der Waals surface area contributed by atoms with Crippen LogP contribution in [0.4, 0.5) is 5.69 Å². The summed E-state index contributed by atoms with van der Waals surface area (Å²) in [5.74, 6) is -0.733. The third kappa shape index (κ3) is 8.08. The van der Waals surface area contributed by atoms with Crippen LogP contribution in [0.1, 0.15) is 36.8 Å². The van der Waals surface area contributed by atoms with Gasteiger partial charge in [-0.2, -0.15) is 0 Å². The van der Waals surface area contributed by atoms with E-state index in [2.05, 4.69) is 21.2 Å². The van der Waals surface area contributed by atoms with Crippen molar-refractivity contribution in [3.05, 3.63) is 99.5 Å². The van der Waals surface area contributed by atoms with Gasteiger partial charge in [0.15, 0.2) is 0 Å². The maximum atomic E-state index is 14.1. The molecule has 0 spiro atoms. The number of rotatable bonds is 11. The highest BCUT2D eigenvalue weighted by Crippen LogP contribution is 2.28. The van der Waals surface area contributed by atoms with Crippen LogP contribution in [0.2, 0.25) is 5.02 Å². The standard InChI is InChI=1S/C30H33BrClN3O4S/c1-40(38,39)35(27-14-8-7-13-26(27)31)21-29(36)34(20-23-15-17-24(32)18-16-23)28(19-22-9-3-2-4-10-22)30(37)33-25-11-5-6-12-25/h2-4,7-10,13-18,25,28H,5-6,11-12,19-21H2,1H3,(H,33,37)/t28-/m1/s1. The van der Waals surface area contributed by atoms with Crippen molar-refractivity contribution in [2.45, 2.75) is 50.7 Å². The fourth-order valence-electron chi connectivity index (χ4n) is 4.96. The molecule has 4 rings (SSSR count). The molecule has 0 aromatic heterocycles. The lowest BCUT2D eigenvalue weighted by Gasteiger charge is -2.34. The van der Waals surface area contributed by atoms with E-state index in [1.165, 1.54) is 4.90 Å². The van der Waals surface area contributed by atoms with Gasteiger partial charge in [0.05, 0.1) is 11.9 Å². The molecule has 1 fully saturated rings. The van der Waals surface area contributed by atoms with Gasteiger partial charge in [-0.05, 0) is 64.2 Å². The smallest absolute Gasteiger partial charge is 0.244 e. The van der Waals surface area contributed by atoms with Gasteiger partial charge in [0.2, 0.25) is 21.8 Å². The Morgan fingerprint density at radius 1 is 0.950 bits per heavy atom. The monoisotopic (exact) mass is 645 g/mol. The summed E-state index contributed by atoms with van der Waals surface area (Å²) in [6, 6.07) is 22.6. The van der Waals surface area contributed by atoms with Gasteiger partial charge in [-0.15, -0.1) is 0 Å². The highest BCUT2D eigenvalue weighted by atomic mass is 79.9. The number of sulfonamides is 1. The maximum absolute atomic E-state index is 14.1. The van der Waals surface area contributed by atoms with Gasteiger partial charge in [0.25, 0.3) is 0 Å². The molecule has 2 amide bonds. The Morgan fingerprint density at radius 2 is 1.57 bits per heavy atom. The van der Waals surface area contributed by atoms with E-state index in [9.17, 15) is 18.0 Å². The van der Waals surface area contributed by atoms with E-state index in [0.29, 0.717) is 15.2 Å². The maximum Gasteiger partial charge on any atom is 0.244 e. The first-order valence-corrected chi connectivity index (χ1v) is 16.2. The molecule has 1 N–H and O–H groups in total. The zero-order valence-corrected chi connectivity index (χ0v) is 25.5. The lowest BCUT2D eigenvalue weighted by molar-refractivity contribution is -0.140. The van der Waals surface area contributed by atoms with Crippen LogP contribution in [0.25, 0.3) is 0 Å². The number of amides is 2. The molecule has 0 aliphatic heterocycles. The van der Waals surface area contributed by atoms with E-state index in [0.717, 1.165) is 47.4 Å². The Kier molecular flexibility index (Phi) is 10.3. The van der Waals surface area contributed by atoms with Crippen LogP contribution >= 0.6 is 27.5 Å². The SMILES string of the molecule is CS(=O)(=O)N(CC(=O)N(Cc1ccc(Cl)cc1)[C@H](Cc1ccccc1)C(=O)NC1CCCC1)c1ccccc1Br. The number of para-hydroxylation sites is 1. The van der Waals surface area contributed by atoms with Crippen LogP contribution in [0, 0.1) is 0 Å². The molecule has 0 radical (unpaired) electrons. The summed E-state index contributed by atoms with van der Waals surface area (Å²) < 4.78 is 27.4. The Hall–Kier alpha value is -2.88. The molecular weight excluding hydrogens is 614 g/mol. The summed E-state index contributed by atoms with van der Waals surface area (Å²) in [5.41, 5.74) is 2.02. The van der Waals surface area contributed by atoms with Gasteiger partial charge in [-0.1, -0.05) is 79.0 Å². The molecule has 0 unspecified atom stereocenters. The fourth-order valence-corrected chi connectivity index (χ4v) is 6.56. The lowest BCUT2D eigenvalue weighted by atomic mass is 10.0. The van der Waals surface area contributed by atoms with E-state index in [4.69, 9.17) is 11.6 Å². The van der Waals surface area contributed by atoms with Crippen molar-refractivity contribution >= 4 is 55.1 Å². The van der Waals surface area contributed by atoms with Crippen LogP contribution < -0.4 is 9.62 Å². The molecule has 212 valence electrons. The van der Waals surface area contributed by atoms with Gasteiger partial charge in [0, 0.05) is 28.5 Å². The molecule has 1 saturated carbocycles. The number of carbonyl (C=O) groups is 2. The lowest BCUT2D eigenvalue weighted by Crippen LogP contribution is -2.54. The Bertz CT molecular complexity index is 1410. The quantitative estimate of drug-likeness (QED) is 0.295. The van der Waals surface area contributed by atoms with Crippen LogP contribution in [0.3, 0.4) is 0 Å². The summed E-state index contributed by atoms with van der Waals surface area (Å²) >= 11 is 9.52. The van der Waals surface area contributed by atoms with Gasteiger partial charge in [-0.3, -0.25) is 13.9 Å². The summed E-state index contributed by atoms with van der Waals surface area (Å²) in [4.78, 5) is 29.5. The van der Waals surface area contributed by atoms with Gasteiger partial charge >= 0.3 is 0 Å². The Balaban J connectivity index is 1.72. The number of benzene rings is 3. The minimum atomic E-state index is -3.83. The van der Waals surface area contributed by atoms with Crippen molar-refractivity contribution in [3.8, 4) is 0 Å². The van der Waals surface area contributed by atoms with Crippen molar-refractivity contribution in [2.75, 3.05) is 17.1 Å². The molecule has 1 aliphatic rings. The first kappa shape index (κ1) is 30.1. The highest BCUT2D eigenvalue weighted by molar-refractivity contribution is 9.10. The van der Waals surface area contributed by atoms with Crippen LogP contribution in [-0.2, 0) is 32.6 Å². The minimum absolute atomic E-state index is 0.0612. The molecule has 3 aromatic rings. The highest BCUT2D eigenvalue weighted by Gasteiger charge is 2.34.